The van der Waals surface area contributed by atoms with Crippen LogP contribution < -0.4 is 0 Å². The molecule has 1 aromatic carbocycles. The zero-order valence-corrected chi connectivity index (χ0v) is 12.7. The van der Waals surface area contributed by atoms with Crippen LogP contribution in [0.1, 0.15) is 39.7 Å². The first-order valence-corrected chi connectivity index (χ1v) is 6.89. The Morgan fingerprint density at radius 3 is 2.20 bits per heavy atom. The number of hydrogen-bond acceptors (Lipinski definition) is 2. The summed E-state index contributed by atoms with van der Waals surface area (Å²) in [5, 5.41) is 0. The van der Waals surface area contributed by atoms with Gasteiger partial charge in [-0.1, -0.05) is 30.0 Å². The van der Waals surface area contributed by atoms with Gasteiger partial charge in [-0.15, -0.1) is 6.58 Å². The molecule has 1 saturated heterocycles. The first-order chi connectivity index (χ1) is 9.32. The molecule has 0 N–H and O–H groups in total. The van der Waals surface area contributed by atoms with Gasteiger partial charge in [0.15, 0.2) is 0 Å². The third-order valence-electron chi connectivity index (χ3n) is 3.91. The first-order valence-electron chi connectivity index (χ1n) is 6.89. The fourth-order valence-corrected chi connectivity index (χ4v) is 1.87. The molecule has 1 fully saturated rings. The van der Waals surface area contributed by atoms with Gasteiger partial charge in [0, 0.05) is 12.0 Å². The van der Waals surface area contributed by atoms with Crippen molar-refractivity contribution in [3.8, 4) is 11.8 Å². The molecule has 3 heteroatoms. The summed E-state index contributed by atoms with van der Waals surface area (Å²) in [5.74, 6) is 6.24. The van der Waals surface area contributed by atoms with E-state index in [9.17, 15) is 0 Å². The topological polar surface area (TPSA) is 18.5 Å². The third-order valence-corrected chi connectivity index (χ3v) is 3.91. The predicted molar refractivity (Wildman–Crippen MR) is 83.2 cm³/mol. The zero-order chi connectivity index (χ0) is 14.8. The molecular weight excluding hydrogens is 247 g/mol. The molecule has 0 saturated carbocycles. The highest BCUT2D eigenvalue weighted by atomic mass is 16.7. The Hall–Kier alpha value is -1.50. The molecule has 104 valence electrons. The molecule has 1 heterocycles. The van der Waals surface area contributed by atoms with Crippen LogP contribution in [0.4, 0.5) is 0 Å². The van der Waals surface area contributed by atoms with Crippen molar-refractivity contribution < 1.29 is 9.31 Å². The quantitative estimate of drug-likeness (QED) is 0.602. The van der Waals surface area contributed by atoms with Crippen LogP contribution in [0.25, 0.3) is 0 Å². The molecule has 1 aliphatic rings. The molecular formula is C17H21BO2. The van der Waals surface area contributed by atoms with Gasteiger partial charge in [-0.25, -0.2) is 0 Å². The smallest absolute Gasteiger partial charge is 0.400 e. The molecule has 20 heavy (non-hydrogen) atoms. The third kappa shape index (κ3) is 3.15. The van der Waals surface area contributed by atoms with Crippen LogP contribution in [0.3, 0.4) is 0 Å². The second-order valence-electron chi connectivity index (χ2n) is 6.09. The lowest BCUT2D eigenvalue weighted by Gasteiger charge is -2.32. The largest absolute Gasteiger partial charge is 0.490 e. The van der Waals surface area contributed by atoms with Gasteiger partial charge in [0.2, 0.25) is 0 Å². The summed E-state index contributed by atoms with van der Waals surface area (Å²) < 4.78 is 11.9. The van der Waals surface area contributed by atoms with Gasteiger partial charge >= 0.3 is 7.12 Å². The lowest BCUT2D eigenvalue weighted by Crippen LogP contribution is -2.41. The number of allylic oxidation sites excluding steroid dienone is 1. The van der Waals surface area contributed by atoms with Crippen molar-refractivity contribution in [2.24, 2.45) is 0 Å². The second-order valence-corrected chi connectivity index (χ2v) is 6.09. The number of hydrogen-bond donors (Lipinski definition) is 0. The molecule has 0 amide bonds. The minimum absolute atomic E-state index is 0.326. The summed E-state index contributed by atoms with van der Waals surface area (Å²) in [4.78, 5) is 0. The molecule has 1 aromatic rings. The average molecular weight is 268 g/mol. The van der Waals surface area contributed by atoms with E-state index in [-0.39, 0.29) is 18.3 Å². The van der Waals surface area contributed by atoms with Gasteiger partial charge in [-0.3, -0.25) is 0 Å². The second kappa shape index (κ2) is 5.48. The lowest BCUT2D eigenvalue weighted by molar-refractivity contribution is 0.00578. The minimum atomic E-state index is -0.370. The minimum Gasteiger partial charge on any atom is -0.400 e. The van der Waals surface area contributed by atoms with Crippen molar-refractivity contribution in [1.82, 2.24) is 0 Å². The van der Waals surface area contributed by atoms with Gasteiger partial charge in [0.25, 0.3) is 0 Å². The van der Waals surface area contributed by atoms with E-state index in [1.165, 1.54) is 0 Å². The van der Waals surface area contributed by atoms with Crippen molar-refractivity contribution in [3.05, 3.63) is 47.9 Å². The van der Waals surface area contributed by atoms with E-state index in [1.807, 2.05) is 58.0 Å². The number of rotatable bonds is 2. The van der Waals surface area contributed by atoms with E-state index >= 15 is 0 Å². The fraction of sp³-hybridized carbons (Fsp3) is 0.412. The molecule has 0 aliphatic carbocycles. The normalized spacial score (nSPS) is 19.3. The summed E-state index contributed by atoms with van der Waals surface area (Å²) >= 11 is 0. The molecule has 0 bridgehead atoms. The van der Waals surface area contributed by atoms with E-state index in [0.29, 0.717) is 6.42 Å². The molecule has 2 rings (SSSR count). The predicted octanol–water partition coefficient (Wildman–Crippen LogP) is 3.62. The first kappa shape index (κ1) is 14.9. The van der Waals surface area contributed by atoms with Crippen LogP contribution in [0.15, 0.2) is 42.4 Å². The van der Waals surface area contributed by atoms with Crippen molar-refractivity contribution in [2.45, 2.75) is 45.3 Å². The highest BCUT2D eigenvalue weighted by molar-refractivity contribution is 6.54. The van der Waals surface area contributed by atoms with Crippen molar-refractivity contribution in [3.63, 3.8) is 0 Å². The Bertz CT molecular complexity index is 533. The highest BCUT2D eigenvalue weighted by Gasteiger charge is 2.51. The fourth-order valence-electron chi connectivity index (χ4n) is 1.87. The Morgan fingerprint density at radius 1 is 1.10 bits per heavy atom. The maximum absolute atomic E-state index is 5.94. The summed E-state index contributed by atoms with van der Waals surface area (Å²) in [6.07, 6.45) is 0.575. The van der Waals surface area contributed by atoms with Gasteiger partial charge in [-0.2, -0.15) is 0 Å². The van der Waals surface area contributed by atoms with E-state index in [0.717, 1.165) is 11.0 Å². The summed E-state index contributed by atoms with van der Waals surface area (Å²) in [7, 11) is -0.370. The molecule has 0 radical (unpaired) electrons. The standard InChI is InChI=1S/C17H21BO2/c1-14(10-9-13-15-11-7-6-8-12-15)18-19-16(2,3)17(4,5)20-18/h6-8,11-12H,1,10H2,2-5H3. The molecule has 0 unspecified atom stereocenters. The van der Waals surface area contributed by atoms with Crippen LogP contribution in [-0.4, -0.2) is 18.3 Å². The highest BCUT2D eigenvalue weighted by Crippen LogP contribution is 2.38. The Morgan fingerprint density at radius 2 is 1.65 bits per heavy atom. The molecule has 2 nitrogen and oxygen atoms in total. The zero-order valence-electron chi connectivity index (χ0n) is 12.7. The van der Waals surface area contributed by atoms with Crippen LogP contribution in [0.2, 0.25) is 0 Å². The molecule has 0 spiro atoms. The molecule has 1 aliphatic heterocycles. The lowest BCUT2D eigenvalue weighted by atomic mass is 9.77. The van der Waals surface area contributed by atoms with Gasteiger partial charge in [0.1, 0.15) is 0 Å². The maximum Gasteiger partial charge on any atom is 0.490 e. The molecule has 0 aromatic heterocycles. The monoisotopic (exact) mass is 268 g/mol. The van der Waals surface area contributed by atoms with E-state index in [2.05, 4.69) is 18.4 Å². The van der Waals surface area contributed by atoms with E-state index in [4.69, 9.17) is 9.31 Å². The van der Waals surface area contributed by atoms with Crippen molar-refractivity contribution in [1.29, 1.82) is 0 Å². The van der Waals surface area contributed by atoms with Crippen LogP contribution >= 0.6 is 0 Å². The summed E-state index contributed by atoms with van der Waals surface area (Å²) in [6.45, 7) is 12.2. The van der Waals surface area contributed by atoms with Crippen molar-refractivity contribution >= 4 is 7.12 Å². The summed E-state index contributed by atoms with van der Waals surface area (Å²) in [6, 6.07) is 9.92. The Kier molecular flexibility index (Phi) is 4.08. The molecule has 0 atom stereocenters. The average Bonchev–Trinajstić information content (AvgIpc) is 2.60. The van der Waals surface area contributed by atoms with Gasteiger partial charge in [0.05, 0.1) is 11.2 Å². The van der Waals surface area contributed by atoms with E-state index < -0.39 is 0 Å². The van der Waals surface area contributed by atoms with Crippen LogP contribution in [-0.2, 0) is 9.31 Å². The summed E-state index contributed by atoms with van der Waals surface area (Å²) in [5.41, 5.74) is 1.22. The Labute approximate surface area is 122 Å². The van der Waals surface area contributed by atoms with Crippen LogP contribution in [0.5, 0.6) is 0 Å². The van der Waals surface area contributed by atoms with Crippen molar-refractivity contribution in [2.75, 3.05) is 0 Å². The van der Waals surface area contributed by atoms with Gasteiger partial charge < -0.3 is 9.31 Å². The SMILES string of the molecule is C=C(CC#Cc1ccccc1)B1OC(C)(C)C(C)(C)O1. The maximum atomic E-state index is 5.94. The van der Waals surface area contributed by atoms with Crippen LogP contribution in [0, 0.1) is 11.8 Å². The van der Waals surface area contributed by atoms with E-state index in [1.54, 1.807) is 0 Å². The number of benzene rings is 1. The Balaban J connectivity index is 1.96. The van der Waals surface area contributed by atoms with Gasteiger partial charge in [-0.05, 0) is 45.3 Å².